The van der Waals surface area contributed by atoms with Crippen molar-refractivity contribution in [3.63, 3.8) is 0 Å². The number of halogens is 1. The van der Waals surface area contributed by atoms with E-state index in [-0.39, 0.29) is 24.2 Å². The van der Waals surface area contributed by atoms with Gasteiger partial charge in [0, 0.05) is 18.5 Å². The van der Waals surface area contributed by atoms with Gasteiger partial charge in [-0.05, 0) is 38.9 Å². The first-order valence-electron chi connectivity index (χ1n) is 5.51. The summed E-state index contributed by atoms with van der Waals surface area (Å²) in [5.41, 5.74) is 5.30. The minimum absolute atomic E-state index is 0. The summed E-state index contributed by atoms with van der Waals surface area (Å²) in [6.45, 7) is 4.33. The van der Waals surface area contributed by atoms with Crippen LogP contribution in [0.4, 0.5) is 0 Å². The molecule has 88 valence electrons. The molecular weight excluding hydrogens is 214 g/mol. The minimum Gasteiger partial charge on any atom is -0.369 e. The van der Waals surface area contributed by atoms with Crippen LogP contribution in [0.5, 0.6) is 0 Å². The van der Waals surface area contributed by atoms with E-state index in [0.29, 0.717) is 6.04 Å². The third-order valence-corrected chi connectivity index (χ3v) is 3.48. The van der Waals surface area contributed by atoms with Crippen LogP contribution in [0.1, 0.15) is 19.3 Å². The summed E-state index contributed by atoms with van der Waals surface area (Å²) in [6.07, 6.45) is 3.15. The zero-order valence-corrected chi connectivity index (χ0v) is 9.76. The van der Waals surface area contributed by atoms with Crippen molar-refractivity contribution in [2.45, 2.75) is 25.3 Å². The Morgan fingerprint density at radius 2 is 1.93 bits per heavy atom. The number of carbonyl (C=O) groups is 1. The van der Waals surface area contributed by atoms with Crippen molar-refractivity contribution < 1.29 is 4.79 Å². The summed E-state index contributed by atoms with van der Waals surface area (Å²) in [5, 5.41) is 3.37. The largest absolute Gasteiger partial charge is 0.369 e. The second-order valence-corrected chi connectivity index (χ2v) is 4.36. The number of nitrogens with one attached hydrogen (secondary N) is 1. The van der Waals surface area contributed by atoms with Crippen LogP contribution in [-0.4, -0.2) is 43.0 Å². The second kappa shape index (κ2) is 5.68. The van der Waals surface area contributed by atoms with E-state index >= 15 is 0 Å². The Kier molecular flexibility index (Phi) is 4.83. The first kappa shape index (κ1) is 12.7. The van der Waals surface area contributed by atoms with Gasteiger partial charge < -0.3 is 11.1 Å². The lowest BCUT2D eigenvalue weighted by Crippen LogP contribution is -2.44. The average Bonchev–Trinajstić information content (AvgIpc) is 2.71. The van der Waals surface area contributed by atoms with Gasteiger partial charge in [0.25, 0.3) is 0 Å². The van der Waals surface area contributed by atoms with Gasteiger partial charge in [0.15, 0.2) is 0 Å². The maximum atomic E-state index is 11.0. The van der Waals surface area contributed by atoms with Crippen molar-refractivity contribution in [2.24, 2.45) is 11.7 Å². The number of piperidine rings is 1. The summed E-state index contributed by atoms with van der Waals surface area (Å²) >= 11 is 0. The number of hydrogen-bond donors (Lipinski definition) is 2. The van der Waals surface area contributed by atoms with Gasteiger partial charge in [-0.3, -0.25) is 9.69 Å². The number of nitrogens with two attached hydrogens (primary N) is 1. The van der Waals surface area contributed by atoms with Crippen LogP contribution in [0, 0.1) is 5.92 Å². The molecule has 0 radical (unpaired) electrons. The van der Waals surface area contributed by atoms with E-state index in [1.54, 1.807) is 0 Å². The molecule has 2 heterocycles. The van der Waals surface area contributed by atoms with Crippen LogP contribution >= 0.6 is 12.4 Å². The van der Waals surface area contributed by atoms with Gasteiger partial charge in [-0.2, -0.15) is 0 Å². The van der Waals surface area contributed by atoms with E-state index in [0.717, 1.165) is 39.0 Å². The fourth-order valence-electron chi connectivity index (χ4n) is 2.50. The number of rotatable bonds is 2. The molecule has 0 aliphatic carbocycles. The molecule has 1 amide bonds. The molecule has 0 aromatic carbocycles. The van der Waals surface area contributed by atoms with Gasteiger partial charge in [0.05, 0.1) is 0 Å². The SMILES string of the molecule is Cl.NC(=O)C1CCN(C2CCNC2)CC1. The van der Waals surface area contributed by atoms with Crippen molar-refractivity contribution >= 4 is 18.3 Å². The lowest BCUT2D eigenvalue weighted by Gasteiger charge is -2.34. The Labute approximate surface area is 97.0 Å². The highest BCUT2D eigenvalue weighted by Gasteiger charge is 2.28. The molecule has 5 heteroatoms. The quantitative estimate of drug-likeness (QED) is 0.704. The number of likely N-dealkylation sites (tertiary alicyclic amines) is 1. The lowest BCUT2D eigenvalue weighted by atomic mass is 9.95. The monoisotopic (exact) mass is 233 g/mol. The lowest BCUT2D eigenvalue weighted by molar-refractivity contribution is -0.123. The number of nitrogens with zero attached hydrogens (tertiary/aromatic N) is 1. The summed E-state index contributed by atoms with van der Waals surface area (Å²) in [4.78, 5) is 13.5. The maximum Gasteiger partial charge on any atom is 0.220 e. The summed E-state index contributed by atoms with van der Waals surface area (Å²) < 4.78 is 0. The van der Waals surface area contributed by atoms with Gasteiger partial charge in [0.1, 0.15) is 0 Å². The molecular formula is C10H20ClN3O. The first-order valence-corrected chi connectivity index (χ1v) is 5.51. The molecule has 2 saturated heterocycles. The van der Waals surface area contributed by atoms with Gasteiger partial charge in [0.2, 0.25) is 5.91 Å². The van der Waals surface area contributed by atoms with E-state index in [1.165, 1.54) is 6.42 Å². The van der Waals surface area contributed by atoms with Crippen molar-refractivity contribution in [1.82, 2.24) is 10.2 Å². The molecule has 15 heavy (non-hydrogen) atoms. The molecule has 0 spiro atoms. The fourth-order valence-corrected chi connectivity index (χ4v) is 2.50. The van der Waals surface area contributed by atoms with Crippen LogP contribution in [0.3, 0.4) is 0 Å². The molecule has 3 N–H and O–H groups in total. The van der Waals surface area contributed by atoms with Crippen LogP contribution < -0.4 is 11.1 Å². The zero-order valence-electron chi connectivity index (χ0n) is 8.95. The molecule has 0 aromatic rings. The number of carbonyl (C=O) groups excluding carboxylic acids is 1. The Bertz CT molecular complexity index is 211. The highest BCUT2D eigenvalue weighted by atomic mass is 35.5. The molecule has 2 fully saturated rings. The predicted molar refractivity (Wildman–Crippen MR) is 62.0 cm³/mol. The molecule has 0 aromatic heterocycles. The Balaban J connectivity index is 0.00000112. The second-order valence-electron chi connectivity index (χ2n) is 4.36. The predicted octanol–water partition coefficient (Wildman–Crippen LogP) is -0.0326. The van der Waals surface area contributed by atoms with Crippen molar-refractivity contribution in [3.8, 4) is 0 Å². The van der Waals surface area contributed by atoms with Crippen LogP contribution in [0.25, 0.3) is 0 Å². The molecule has 0 saturated carbocycles. The topological polar surface area (TPSA) is 58.4 Å². The van der Waals surface area contributed by atoms with Crippen molar-refractivity contribution in [2.75, 3.05) is 26.2 Å². The molecule has 1 atom stereocenters. The summed E-state index contributed by atoms with van der Waals surface area (Å²) in [7, 11) is 0. The van der Waals surface area contributed by atoms with Gasteiger partial charge in [-0.15, -0.1) is 12.4 Å². The highest BCUT2D eigenvalue weighted by molar-refractivity contribution is 5.85. The third kappa shape index (κ3) is 3.06. The first-order chi connectivity index (χ1) is 6.77. The van der Waals surface area contributed by atoms with E-state index in [1.807, 2.05) is 0 Å². The molecule has 2 aliphatic rings. The Morgan fingerprint density at radius 3 is 2.40 bits per heavy atom. The molecule has 0 bridgehead atoms. The summed E-state index contributed by atoms with van der Waals surface area (Å²) in [5.74, 6) is 0.00908. The van der Waals surface area contributed by atoms with Gasteiger partial charge >= 0.3 is 0 Å². The van der Waals surface area contributed by atoms with E-state index in [4.69, 9.17) is 5.73 Å². The zero-order chi connectivity index (χ0) is 9.97. The Morgan fingerprint density at radius 1 is 1.27 bits per heavy atom. The summed E-state index contributed by atoms with van der Waals surface area (Å²) in [6, 6.07) is 0.698. The number of primary amides is 1. The smallest absolute Gasteiger partial charge is 0.220 e. The van der Waals surface area contributed by atoms with Crippen molar-refractivity contribution in [1.29, 1.82) is 0 Å². The highest BCUT2D eigenvalue weighted by Crippen LogP contribution is 2.20. The van der Waals surface area contributed by atoms with Crippen molar-refractivity contribution in [3.05, 3.63) is 0 Å². The van der Waals surface area contributed by atoms with Gasteiger partial charge in [-0.25, -0.2) is 0 Å². The molecule has 1 unspecified atom stereocenters. The van der Waals surface area contributed by atoms with E-state index in [9.17, 15) is 4.79 Å². The normalized spacial score (nSPS) is 28.7. The van der Waals surface area contributed by atoms with Crippen LogP contribution in [0.15, 0.2) is 0 Å². The van der Waals surface area contributed by atoms with Crippen LogP contribution in [0.2, 0.25) is 0 Å². The number of hydrogen-bond acceptors (Lipinski definition) is 3. The Hall–Kier alpha value is -0.320. The maximum absolute atomic E-state index is 11.0. The molecule has 2 rings (SSSR count). The van der Waals surface area contributed by atoms with Gasteiger partial charge in [-0.1, -0.05) is 0 Å². The number of amides is 1. The third-order valence-electron chi connectivity index (χ3n) is 3.48. The van der Waals surface area contributed by atoms with Crippen LogP contribution in [-0.2, 0) is 4.79 Å². The van der Waals surface area contributed by atoms with E-state index in [2.05, 4.69) is 10.2 Å². The fraction of sp³-hybridized carbons (Fsp3) is 0.900. The molecule has 2 aliphatic heterocycles. The minimum atomic E-state index is -0.116. The standard InChI is InChI=1S/C10H19N3O.ClH/c11-10(14)8-2-5-13(6-3-8)9-1-4-12-7-9;/h8-9,12H,1-7H2,(H2,11,14);1H. The molecule has 4 nitrogen and oxygen atoms in total. The average molecular weight is 234 g/mol. The van der Waals surface area contributed by atoms with E-state index < -0.39 is 0 Å².